The van der Waals surface area contributed by atoms with Crippen LogP contribution < -0.4 is 0 Å². The van der Waals surface area contributed by atoms with Crippen LogP contribution in [-0.4, -0.2) is 36.6 Å². The van der Waals surface area contributed by atoms with E-state index in [1.54, 1.807) is 5.01 Å². The summed E-state index contributed by atoms with van der Waals surface area (Å²) in [6.07, 6.45) is 5.13. The molecular formula is C16H30N2O3. The van der Waals surface area contributed by atoms with Crippen LogP contribution in [0, 0.1) is 16.2 Å². The van der Waals surface area contributed by atoms with Gasteiger partial charge in [0.2, 0.25) is 0 Å². The number of hydrogen-bond donors (Lipinski definition) is 0. The molecule has 21 heavy (non-hydrogen) atoms. The van der Waals surface area contributed by atoms with Crippen molar-refractivity contribution in [3.05, 3.63) is 4.91 Å². The molecule has 1 saturated heterocycles. The van der Waals surface area contributed by atoms with Crippen LogP contribution in [0.3, 0.4) is 0 Å². The van der Waals surface area contributed by atoms with Crippen LogP contribution in [0.25, 0.3) is 0 Å². The fraction of sp³-hybridized carbons (Fsp3) is 1.00. The van der Waals surface area contributed by atoms with E-state index in [0.29, 0.717) is 25.1 Å². The molecule has 0 aromatic heterocycles. The van der Waals surface area contributed by atoms with Crippen molar-refractivity contribution < 1.29 is 9.47 Å². The summed E-state index contributed by atoms with van der Waals surface area (Å²) in [7, 11) is 0. The Morgan fingerprint density at radius 3 is 2.48 bits per heavy atom. The van der Waals surface area contributed by atoms with Crippen LogP contribution >= 0.6 is 0 Å². The average molecular weight is 298 g/mol. The second kappa shape index (κ2) is 6.61. The van der Waals surface area contributed by atoms with E-state index in [0.717, 1.165) is 38.0 Å². The van der Waals surface area contributed by atoms with E-state index in [-0.39, 0.29) is 6.10 Å². The van der Waals surface area contributed by atoms with Crippen LogP contribution in [0.4, 0.5) is 0 Å². The molecule has 0 amide bonds. The first-order valence-corrected chi connectivity index (χ1v) is 8.28. The van der Waals surface area contributed by atoms with Gasteiger partial charge in [0.05, 0.1) is 18.4 Å². The largest absolute Gasteiger partial charge is 0.347 e. The van der Waals surface area contributed by atoms with Crippen LogP contribution in [0.2, 0.25) is 0 Å². The Bertz CT molecular complexity index is 346. The second-order valence-corrected chi connectivity index (χ2v) is 7.60. The molecule has 1 aliphatic heterocycles. The molecular weight excluding hydrogens is 268 g/mol. The number of nitroso groups, excluding NO2 is 1. The summed E-state index contributed by atoms with van der Waals surface area (Å²) in [6, 6.07) is 0. The Balaban J connectivity index is 1.84. The quantitative estimate of drug-likeness (QED) is 0.573. The van der Waals surface area contributed by atoms with E-state index in [4.69, 9.17) is 9.47 Å². The van der Waals surface area contributed by atoms with Gasteiger partial charge in [0.25, 0.3) is 0 Å². The third-order valence-corrected chi connectivity index (χ3v) is 4.90. The maximum absolute atomic E-state index is 10.8. The predicted molar refractivity (Wildman–Crippen MR) is 82.6 cm³/mol. The van der Waals surface area contributed by atoms with Crippen LogP contribution in [0.5, 0.6) is 0 Å². The minimum atomic E-state index is -0.396. The van der Waals surface area contributed by atoms with Gasteiger partial charge >= 0.3 is 0 Å². The summed E-state index contributed by atoms with van der Waals surface area (Å²) in [5, 5.41) is 4.62. The molecule has 1 spiro atoms. The van der Waals surface area contributed by atoms with Crippen molar-refractivity contribution in [2.75, 3.05) is 19.7 Å². The highest BCUT2D eigenvalue weighted by Gasteiger charge is 2.46. The van der Waals surface area contributed by atoms with Gasteiger partial charge in [-0.1, -0.05) is 27.7 Å². The van der Waals surface area contributed by atoms with Crippen molar-refractivity contribution in [2.45, 2.75) is 71.7 Å². The Morgan fingerprint density at radius 1 is 1.29 bits per heavy atom. The maximum atomic E-state index is 10.8. The maximum Gasteiger partial charge on any atom is 0.169 e. The molecule has 5 heteroatoms. The molecule has 2 aliphatic rings. The normalized spacial score (nSPS) is 33.3. The average Bonchev–Trinajstić information content (AvgIpc) is 2.80. The van der Waals surface area contributed by atoms with Crippen molar-refractivity contribution in [1.82, 2.24) is 5.01 Å². The van der Waals surface area contributed by atoms with Gasteiger partial charge in [0.1, 0.15) is 6.10 Å². The SMILES string of the molecule is CCCN(CC1COC2(CCC(C(C)(C)C)CC2)O1)N=O. The van der Waals surface area contributed by atoms with Crippen molar-refractivity contribution in [3.8, 4) is 0 Å². The van der Waals surface area contributed by atoms with Gasteiger partial charge in [-0.25, -0.2) is 0 Å². The number of nitrogens with zero attached hydrogens (tertiary/aromatic N) is 2. The van der Waals surface area contributed by atoms with Crippen LogP contribution in [-0.2, 0) is 9.47 Å². The Labute approximate surface area is 128 Å². The molecule has 0 bridgehead atoms. The lowest BCUT2D eigenvalue weighted by atomic mass is 9.71. The highest BCUT2D eigenvalue weighted by atomic mass is 16.7. The zero-order chi connectivity index (χ0) is 15.5. The molecule has 0 aromatic rings. The monoisotopic (exact) mass is 298 g/mol. The lowest BCUT2D eigenvalue weighted by molar-refractivity contribution is -0.197. The number of ether oxygens (including phenoxy) is 2. The molecule has 2 fully saturated rings. The minimum absolute atomic E-state index is 0.0274. The fourth-order valence-corrected chi connectivity index (χ4v) is 3.55. The molecule has 0 N–H and O–H groups in total. The van der Waals surface area contributed by atoms with Crippen molar-refractivity contribution >= 4 is 0 Å². The molecule has 122 valence electrons. The zero-order valence-electron chi connectivity index (χ0n) is 13.9. The minimum Gasteiger partial charge on any atom is -0.347 e. The summed E-state index contributed by atoms with van der Waals surface area (Å²) in [4.78, 5) is 10.8. The summed E-state index contributed by atoms with van der Waals surface area (Å²) < 4.78 is 12.2. The van der Waals surface area contributed by atoms with Gasteiger partial charge in [0, 0.05) is 19.4 Å². The van der Waals surface area contributed by atoms with Crippen molar-refractivity contribution in [2.24, 2.45) is 16.6 Å². The van der Waals surface area contributed by atoms with Gasteiger partial charge in [-0.15, -0.1) is 4.91 Å². The standard InChI is InChI=1S/C16H30N2O3/c1-5-10-18(17-19)11-14-12-20-16(21-14)8-6-13(7-9-16)15(2,3)4/h13-14H,5-12H2,1-4H3. The topological polar surface area (TPSA) is 51.1 Å². The highest BCUT2D eigenvalue weighted by Crippen LogP contribution is 2.45. The van der Waals surface area contributed by atoms with Gasteiger partial charge in [-0.2, -0.15) is 0 Å². The first kappa shape index (κ1) is 16.7. The van der Waals surface area contributed by atoms with Crippen LogP contribution in [0.1, 0.15) is 59.8 Å². The van der Waals surface area contributed by atoms with Crippen molar-refractivity contribution in [3.63, 3.8) is 0 Å². The Hall–Kier alpha value is -0.680. The van der Waals surface area contributed by atoms with Gasteiger partial charge in [-0.05, 0) is 30.6 Å². The molecule has 1 saturated carbocycles. The molecule has 1 unspecified atom stereocenters. The predicted octanol–water partition coefficient (Wildman–Crippen LogP) is 3.73. The number of rotatable bonds is 5. The van der Waals surface area contributed by atoms with E-state index in [9.17, 15) is 4.91 Å². The summed E-state index contributed by atoms with van der Waals surface area (Å²) in [6.45, 7) is 10.8. The molecule has 2 rings (SSSR count). The van der Waals surface area contributed by atoms with Gasteiger partial charge in [0.15, 0.2) is 5.79 Å². The lowest BCUT2D eigenvalue weighted by Crippen LogP contribution is -2.39. The Morgan fingerprint density at radius 2 is 1.95 bits per heavy atom. The smallest absolute Gasteiger partial charge is 0.169 e. The van der Waals surface area contributed by atoms with E-state index < -0.39 is 5.79 Å². The zero-order valence-corrected chi connectivity index (χ0v) is 13.9. The third kappa shape index (κ3) is 4.16. The van der Waals surface area contributed by atoms with E-state index in [1.807, 2.05) is 6.92 Å². The van der Waals surface area contributed by atoms with Gasteiger partial charge < -0.3 is 9.47 Å². The third-order valence-electron chi connectivity index (χ3n) is 4.90. The first-order chi connectivity index (χ1) is 9.88. The fourth-order valence-electron chi connectivity index (χ4n) is 3.55. The summed E-state index contributed by atoms with van der Waals surface area (Å²) in [5.41, 5.74) is 0.360. The summed E-state index contributed by atoms with van der Waals surface area (Å²) >= 11 is 0. The molecule has 5 nitrogen and oxygen atoms in total. The van der Waals surface area contributed by atoms with E-state index >= 15 is 0 Å². The molecule has 0 aromatic carbocycles. The van der Waals surface area contributed by atoms with E-state index in [2.05, 4.69) is 26.1 Å². The van der Waals surface area contributed by atoms with Crippen LogP contribution in [0.15, 0.2) is 5.29 Å². The van der Waals surface area contributed by atoms with E-state index in [1.165, 1.54) is 0 Å². The highest BCUT2D eigenvalue weighted by molar-refractivity contribution is 4.89. The van der Waals surface area contributed by atoms with Gasteiger partial charge in [-0.3, -0.25) is 5.01 Å². The van der Waals surface area contributed by atoms with Crippen molar-refractivity contribution in [1.29, 1.82) is 0 Å². The molecule has 1 aliphatic carbocycles. The second-order valence-electron chi connectivity index (χ2n) is 7.60. The summed E-state index contributed by atoms with van der Waals surface area (Å²) in [5.74, 6) is 0.343. The Kier molecular flexibility index (Phi) is 5.25. The molecule has 1 atom stereocenters. The number of hydrogen-bond acceptors (Lipinski definition) is 4. The first-order valence-electron chi connectivity index (χ1n) is 8.28. The molecule has 1 heterocycles. The lowest BCUT2D eigenvalue weighted by Gasteiger charge is -2.41. The molecule has 0 radical (unpaired) electrons.